The van der Waals surface area contributed by atoms with E-state index in [1.807, 2.05) is 12.1 Å². The number of hydrogen-bond acceptors (Lipinski definition) is 3. The zero-order chi connectivity index (χ0) is 12.3. The van der Waals surface area contributed by atoms with Crippen LogP contribution in [-0.2, 0) is 0 Å². The molecule has 0 amide bonds. The first-order valence-electron chi connectivity index (χ1n) is 5.99. The Morgan fingerprint density at radius 2 is 2.12 bits per heavy atom. The summed E-state index contributed by atoms with van der Waals surface area (Å²) in [4.78, 5) is 0. The monoisotopic (exact) mass is 255 g/mol. The lowest BCUT2D eigenvalue weighted by molar-refractivity contribution is 0.116. The Labute approximate surface area is 107 Å². The molecule has 2 atom stereocenters. The SMILES string of the molecule is COc1cc(N[C@@H]2CCCC[C@H]2O)ccc1Cl. The van der Waals surface area contributed by atoms with Crippen molar-refractivity contribution in [2.75, 3.05) is 12.4 Å². The maximum atomic E-state index is 9.89. The zero-order valence-electron chi connectivity index (χ0n) is 9.95. The molecular weight excluding hydrogens is 238 g/mol. The Balaban J connectivity index is 2.07. The highest BCUT2D eigenvalue weighted by atomic mass is 35.5. The van der Waals surface area contributed by atoms with E-state index in [1.54, 1.807) is 13.2 Å². The maximum Gasteiger partial charge on any atom is 0.139 e. The molecular formula is C13H18ClNO2. The molecule has 3 nitrogen and oxygen atoms in total. The Morgan fingerprint density at radius 3 is 2.82 bits per heavy atom. The fraction of sp³-hybridized carbons (Fsp3) is 0.538. The Morgan fingerprint density at radius 1 is 1.35 bits per heavy atom. The summed E-state index contributed by atoms with van der Waals surface area (Å²) in [5, 5.41) is 13.8. The standard InChI is InChI=1S/C13H18ClNO2/c1-17-13-8-9(6-7-10(13)14)15-11-4-2-3-5-12(11)16/h6-8,11-12,15-16H,2-5H2,1H3/t11-,12-/m1/s1. The number of ether oxygens (including phenoxy) is 1. The second kappa shape index (κ2) is 5.61. The molecule has 1 aliphatic carbocycles. The number of hydrogen-bond donors (Lipinski definition) is 2. The molecule has 1 aliphatic rings. The molecule has 1 aromatic carbocycles. The number of anilines is 1. The van der Waals surface area contributed by atoms with Crippen LogP contribution in [0, 0.1) is 0 Å². The predicted molar refractivity (Wildman–Crippen MR) is 69.9 cm³/mol. The molecule has 1 fully saturated rings. The van der Waals surface area contributed by atoms with Gasteiger partial charge in [0.15, 0.2) is 0 Å². The van der Waals surface area contributed by atoms with Crippen molar-refractivity contribution >= 4 is 17.3 Å². The fourth-order valence-electron chi connectivity index (χ4n) is 2.24. The minimum absolute atomic E-state index is 0.134. The van der Waals surface area contributed by atoms with Crippen molar-refractivity contribution in [3.05, 3.63) is 23.2 Å². The van der Waals surface area contributed by atoms with Crippen LogP contribution >= 0.6 is 11.6 Å². The van der Waals surface area contributed by atoms with Crippen LogP contribution in [0.4, 0.5) is 5.69 Å². The third-order valence-corrected chi connectivity index (χ3v) is 3.54. The molecule has 1 aromatic rings. The summed E-state index contributed by atoms with van der Waals surface area (Å²) in [7, 11) is 1.60. The van der Waals surface area contributed by atoms with Gasteiger partial charge in [-0.2, -0.15) is 0 Å². The molecule has 0 bridgehead atoms. The average Bonchev–Trinajstić information content (AvgIpc) is 2.34. The Kier molecular flexibility index (Phi) is 4.13. The first kappa shape index (κ1) is 12.5. The summed E-state index contributed by atoms with van der Waals surface area (Å²) in [5.41, 5.74) is 0.942. The van der Waals surface area contributed by atoms with Gasteiger partial charge in [-0.3, -0.25) is 0 Å². The summed E-state index contributed by atoms with van der Waals surface area (Å²) in [5.74, 6) is 0.655. The van der Waals surface area contributed by atoms with Crippen molar-refractivity contribution in [1.29, 1.82) is 0 Å². The quantitative estimate of drug-likeness (QED) is 0.872. The van der Waals surface area contributed by atoms with E-state index in [1.165, 1.54) is 6.42 Å². The van der Waals surface area contributed by atoms with Crippen molar-refractivity contribution < 1.29 is 9.84 Å². The van der Waals surface area contributed by atoms with E-state index < -0.39 is 0 Å². The van der Waals surface area contributed by atoms with Crippen LogP contribution in [0.25, 0.3) is 0 Å². The highest BCUT2D eigenvalue weighted by Crippen LogP contribution is 2.29. The van der Waals surface area contributed by atoms with Crippen molar-refractivity contribution in [2.24, 2.45) is 0 Å². The molecule has 0 aliphatic heterocycles. The second-order valence-electron chi connectivity index (χ2n) is 4.45. The van der Waals surface area contributed by atoms with Gasteiger partial charge in [0.05, 0.1) is 24.3 Å². The molecule has 0 aromatic heterocycles. The van der Waals surface area contributed by atoms with Crippen LogP contribution in [0.3, 0.4) is 0 Å². The van der Waals surface area contributed by atoms with Gasteiger partial charge in [-0.25, -0.2) is 0 Å². The largest absolute Gasteiger partial charge is 0.495 e. The number of nitrogens with one attached hydrogen (secondary N) is 1. The van der Waals surface area contributed by atoms with E-state index in [2.05, 4.69) is 5.32 Å². The third-order valence-electron chi connectivity index (χ3n) is 3.23. The first-order chi connectivity index (χ1) is 8.20. The molecule has 17 heavy (non-hydrogen) atoms. The number of rotatable bonds is 3. The van der Waals surface area contributed by atoms with Gasteiger partial charge < -0.3 is 15.2 Å². The lowest BCUT2D eigenvalue weighted by Gasteiger charge is -2.29. The van der Waals surface area contributed by atoms with Gasteiger partial charge >= 0.3 is 0 Å². The van der Waals surface area contributed by atoms with E-state index in [9.17, 15) is 5.11 Å². The molecule has 0 radical (unpaired) electrons. The number of aliphatic hydroxyl groups is 1. The molecule has 0 saturated heterocycles. The normalized spacial score (nSPS) is 24.4. The molecule has 1 saturated carbocycles. The third kappa shape index (κ3) is 3.05. The summed E-state index contributed by atoms with van der Waals surface area (Å²) >= 11 is 5.97. The summed E-state index contributed by atoms with van der Waals surface area (Å²) < 4.78 is 5.17. The maximum absolute atomic E-state index is 9.89. The lowest BCUT2D eigenvalue weighted by Crippen LogP contribution is -2.36. The highest BCUT2D eigenvalue weighted by molar-refractivity contribution is 6.32. The minimum Gasteiger partial charge on any atom is -0.495 e. The number of benzene rings is 1. The Hall–Kier alpha value is -0.930. The topological polar surface area (TPSA) is 41.5 Å². The van der Waals surface area contributed by atoms with E-state index in [4.69, 9.17) is 16.3 Å². The van der Waals surface area contributed by atoms with Gasteiger partial charge in [0, 0.05) is 11.8 Å². The van der Waals surface area contributed by atoms with Gasteiger partial charge in [-0.05, 0) is 25.0 Å². The summed E-state index contributed by atoms with van der Waals surface area (Å²) in [6, 6.07) is 5.71. The molecule has 0 heterocycles. The Bertz CT molecular complexity index is 384. The van der Waals surface area contributed by atoms with E-state index in [-0.39, 0.29) is 12.1 Å². The van der Waals surface area contributed by atoms with Gasteiger partial charge in [-0.15, -0.1) is 0 Å². The van der Waals surface area contributed by atoms with Crippen LogP contribution in [0.5, 0.6) is 5.75 Å². The van der Waals surface area contributed by atoms with Crippen LogP contribution in [0.15, 0.2) is 18.2 Å². The van der Waals surface area contributed by atoms with Crippen LogP contribution < -0.4 is 10.1 Å². The molecule has 0 unspecified atom stereocenters. The fourth-order valence-corrected chi connectivity index (χ4v) is 2.44. The number of aliphatic hydroxyl groups excluding tert-OH is 1. The van der Waals surface area contributed by atoms with Crippen LogP contribution in [0.2, 0.25) is 5.02 Å². The van der Waals surface area contributed by atoms with Crippen LogP contribution in [-0.4, -0.2) is 24.4 Å². The molecule has 2 rings (SSSR count). The summed E-state index contributed by atoms with van der Waals surface area (Å²) in [6.07, 6.45) is 3.91. The number of methoxy groups -OCH3 is 1. The van der Waals surface area contributed by atoms with Crippen molar-refractivity contribution in [1.82, 2.24) is 0 Å². The first-order valence-corrected chi connectivity index (χ1v) is 6.36. The number of halogens is 1. The highest BCUT2D eigenvalue weighted by Gasteiger charge is 2.22. The average molecular weight is 256 g/mol. The van der Waals surface area contributed by atoms with Gasteiger partial charge in [0.1, 0.15) is 5.75 Å². The van der Waals surface area contributed by atoms with Crippen molar-refractivity contribution in [3.63, 3.8) is 0 Å². The minimum atomic E-state index is -0.259. The van der Waals surface area contributed by atoms with Gasteiger partial charge in [0.25, 0.3) is 0 Å². The second-order valence-corrected chi connectivity index (χ2v) is 4.86. The zero-order valence-corrected chi connectivity index (χ0v) is 10.7. The summed E-state index contributed by atoms with van der Waals surface area (Å²) in [6.45, 7) is 0. The van der Waals surface area contributed by atoms with E-state index in [0.29, 0.717) is 10.8 Å². The van der Waals surface area contributed by atoms with Gasteiger partial charge in [0.2, 0.25) is 0 Å². The molecule has 94 valence electrons. The smallest absolute Gasteiger partial charge is 0.139 e. The predicted octanol–water partition coefficient (Wildman–Crippen LogP) is 3.06. The van der Waals surface area contributed by atoms with Crippen LogP contribution in [0.1, 0.15) is 25.7 Å². The van der Waals surface area contributed by atoms with Gasteiger partial charge in [-0.1, -0.05) is 24.4 Å². The molecule has 4 heteroatoms. The van der Waals surface area contributed by atoms with Crippen molar-refractivity contribution in [3.8, 4) is 5.75 Å². The lowest BCUT2D eigenvalue weighted by atomic mass is 9.92. The molecule has 0 spiro atoms. The molecule has 2 N–H and O–H groups in total. The van der Waals surface area contributed by atoms with E-state index in [0.717, 1.165) is 24.9 Å². The van der Waals surface area contributed by atoms with Crippen molar-refractivity contribution in [2.45, 2.75) is 37.8 Å². The van der Waals surface area contributed by atoms with E-state index >= 15 is 0 Å².